The highest BCUT2D eigenvalue weighted by Gasteiger charge is 2.32. The van der Waals surface area contributed by atoms with Crippen LogP contribution in [0.15, 0.2) is 48.8 Å². The zero-order valence-electron chi connectivity index (χ0n) is 12.2. The second-order valence-electron chi connectivity index (χ2n) is 5.49. The van der Waals surface area contributed by atoms with Crippen LogP contribution in [0.4, 0.5) is 0 Å². The van der Waals surface area contributed by atoms with Gasteiger partial charge in [-0.2, -0.15) is 0 Å². The van der Waals surface area contributed by atoms with Gasteiger partial charge in [0.15, 0.2) is 0 Å². The summed E-state index contributed by atoms with van der Waals surface area (Å²) in [5.74, 6) is -1.13. The van der Waals surface area contributed by atoms with Crippen molar-refractivity contribution in [2.45, 2.75) is 25.3 Å². The highest BCUT2D eigenvalue weighted by atomic mass is 16.4. The summed E-state index contributed by atoms with van der Waals surface area (Å²) in [7, 11) is 0. The predicted octanol–water partition coefficient (Wildman–Crippen LogP) is 2.56. The Kier molecular flexibility index (Phi) is 3.96. The molecule has 0 radical (unpaired) electrons. The zero-order valence-corrected chi connectivity index (χ0v) is 12.2. The van der Waals surface area contributed by atoms with Crippen LogP contribution in [-0.4, -0.2) is 39.0 Å². The van der Waals surface area contributed by atoms with Crippen LogP contribution in [0.25, 0.3) is 5.69 Å². The smallest absolute Gasteiger partial charge is 0.326 e. The molecule has 0 aliphatic carbocycles. The third kappa shape index (κ3) is 2.74. The third-order valence-electron chi connectivity index (χ3n) is 4.04. The van der Waals surface area contributed by atoms with E-state index >= 15 is 0 Å². The van der Waals surface area contributed by atoms with E-state index in [4.69, 9.17) is 0 Å². The minimum Gasteiger partial charge on any atom is -0.480 e. The number of benzene rings is 1. The summed E-state index contributed by atoms with van der Waals surface area (Å²) in [6.45, 7) is 0.504. The Labute approximate surface area is 128 Å². The number of amides is 1. The minimum absolute atomic E-state index is 0.207. The number of nitrogens with zero attached hydrogens (tertiary/aromatic N) is 2. The van der Waals surface area contributed by atoms with E-state index in [0.29, 0.717) is 18.5 Å². The van der Waals surface area contributed by atoms with Crippen LogP contribution in [0, 0.1) is 0 Å². The molecule has 1 aliphatic rings. The molecule has 5 heteroatoms. The fraction of sp³-hybridized carbons (Fsp3) is 0.294. The number of piperidine rings is 1. The van der Waals surface area contributed by atoms with Crippen molar-refractivity contribution in [3.05, 3.63) is 54.4 Å². The van der Waals surface area contributed by atoms with Gasteiger partial charge in [-0.25, -0.2) is 4.79 Å². The Morgan fingerprint density at radius 1 is 1.09 bits per heavy atom. The Morgan fingerprint density at radius 2 is 1.86 bits per heavy atom. The van der Waals surface area contributed by atoms with Gasteiger partial charge in [-0.3, -0.25) is 4.79 Å². The molecule has 1 N–H and O–H groups in total. The monoisotopic (exact) mass is 298 g/mol. The van der Waals surface area contributed by atoms with E-state index < -0.39 is 12.0 Å². The summed E-state index contributed by atoms with van der Waals surface area (Å²) in [6.07, 6.45) is 6.05. The van der Waals surface area contributed by atoms with E-state index in [1.807, 2.05) is 41.2 Å². The average Bonchev–Trinajstić information content (AvgIpc) is 3.09. The zero-order chi connectivity index (χ0) is 15.5. The number of aromatic nitrogens is 1. The predicted molar refractivity (Wildman–Crippen MR) is 82.1 cm³/mol. The average molecular weight is 298 g/mol. The highest BCUT2D eigenvalue weighted by Crippen LogP contribution is 2.21. The summed E-state index contributed by atoms with van der Waals surface area (Å²) >= 11 is 0. The second kappa shape index (κ2) is 6.05. The number of carbonyl (C=O) groups is 2. The first kappa shape index (κ1) is 14.4. The lowest BCUT2D eigenvalue weighted by Gasteiger charge is -2.33. The molecule has 2 aromatic rings. The molecule has 3 rings (SSSR count). The molecule has 1 unspecified atom stereocenters. The van der Waals surface area contributed by atoms with Gasteiger partial charge >= 0.3 is 5.97 Å². The third-order valence-corrected chi connectivity index (χ3v) is 4.04. The van der Waals surface area contributed by atoms with Gasteiger partial charge in [0.1, 0.15) is 6.04 Å². The second-order valence-corrected chi connectivity index (χ2v) is 5.49. The van der Waals surface area contributed by atoms with Crippen molar-refractivity contribution >= 4 is 11.9 Å². The molecule has 0 spiro atoms. The number of likely N-dealkylation sites (tertiary alicyclic amines) is 1. The molecule has 22 heavy (non-hydrogen) atoms. The standard InChI is InChI=1S/C17H18N2O3/c20-16(19-11-2-1-8-15(19)17(21)22)13-6-5-7-14(12-13)18-9-3-4-10-18/h3-7,9-10,12,15H,1-2,8,11H2,(H,21,22). The number of rotatable bonds is 3. The molecular weight excluding hydrogens is 280 g/mol. The van der Waals surface area contributed by atoms with Crippen LogP contribution in [-0.2, 0) is 4.79 Å². The van der Waals surface area contributed by atoms with Crippen molar-refractivity contribution in [3.8, 4) is 5.69 Å². The number of hydrogen-bond donors (Lipinski definition) is 1. The molecule has 1 aliphatic heterocycles. The first-order chi connectivity index (χ1) is 10.7. The SMILES string of the molecule is O=C(O)C1CCCCN1C(=O)c1cccc(-n2cccc2)c1. The molecule has 1 fully saturated rings. The van der Waals surface area contributed by atoms with Gasteiger partial charge < -0.3 is 14.6 Å². The van der Waals surface area contributed by atoms with E-state index in [9.17, 15) is 14.7 Å². The van der Waals surface area contributed by atoms with Gasteiger partial charge in [-0.15, -0.1) is 0 Å². The minimum atomic E-state index is -0.922. The molecule has 0 saturated carbocycles. The lowest BCUT2D eigenvalue weighted by atomic mass is 10.0. The Morgan fingerprint density at radius 3 is 2.59 bits per heavy atom. The van der Waals surface area contributed by atoms with Crippen LogP contribution >= 0.6 is 0 Å². The topological polar surface area (TPSA) is 62.5 Å². The maximum atomic E-state index is 12.7. The van der Waals surface area contributed by atoms with Crippen LogP contribution in [0.5, 0.6) is 0 Å². The largest absolute Gasteiger partial charge is 0.480 e. The summed E-state index contributed by atoms with van der Waals surface area (Å²) < 4.78 is 1.92. The van der Waals surface area contributed by atoms with Gasteiger partial charge in [0.25, 0.3) is 5.91 Å². The summed E-state index contributed by atoms with van der Waals surface area (Å²) in [6, 6.07) is 10.4. The number of carboxylic acid groups (broad SMARTS) is 1. The van der Waals surface area contributed by atoms with E-state index in [0.717, 1.165) is 18.5 Å². The lowest BCUT2D eigenvalue weighted by Crippen LogP contribution is -2.48. The maximum Gasteiger partial charge on any atom is 0.326 e. The normalized spacial score (nSPS) is 18.2. The van der Waals surface area contributed by atoms with Crippen LogP contribution in [0.2, 0.25) is 0 Å². The van der Waals surface area contributed by atoms with Crippen molar-refractivity contribution in [2.75, 3.05) is 6.54 Å². The number of aliphatic carboxylic acids is 1. The van der Waals surface area contributed by atoms with Crippen molar-refractivity contribution in [2.24, 2.45) is 0 Å². The lowest BCUT2D eigenvalue weighted by molar-refractivity contribution is -0.143. The molecule has 1 aromatic heterocycles. The summed E-state index contributed by atoms with van der Waals surface area (Å²) in [4.78, 5) is 25.5. The Bertz CT molecular complexity index is 679. The highest BCUT2D eigenvalue weighted by molar-refractivity contribution is 5.97. The van der Waals surface area contributed by atoms with E-state index in [1.165, 1.54) is 4.90 Å². The van der Waals surface area contributed by atoms with E-state index in [-0.39, 0.29) is 5.91 Å². The summed E-state index contributed by atoms with van der Waals surface area (Å²) in [5, 5.41) is 9.31. The van der Waals surface area contributed by atoms with E-state index in [2.05, 4.69) is 0 Å². The van der Waals surface area contributed by atoms with Crippen LogP contribution in [0.1, 0.15) is 29.6 Å². The van der Waals surface area contributed by atoms with E-state index in [1.54, 1.807) is 12.1 Å². The van der Waals surface area contributed by atoms with Gasteiger partial charge in [0.2, 0.25) is 0 Å². The fourth-order valence-electron chi connectivity index (χ4n) is 2.90. The van der Waals surface area contributed by atoms with Crippen molar-refractivity contribution < 1.29 is 14.7 Å². The summed E-state index contributed by atoms with van der Waals surface area (Å²) in [5.41, 5.74) is 1.42. The van der Waals surface area contributed by atoms with Crippen molar-refractivity contribution in [1.82, 2.24) is 9.47 Å². The molecule has 0 bridgehead atoms. The number of hydrogen-bond acceptors (Lipinski definition) is 2. The molecule has 1 aromatic carbocycles. The first-order valence-electron chi connectivity index (χ1n) is 7.44. The van der Waals surface area contributed by atoms with Gasteiger partial charge in [-0.05, 0) is 49.6 Å². The Hall–Kier alpha value is -2.56. The number of carboxylic acids is 1. The molecule has 5 nitrogen and oxygen atoms in total. The molecule has 114 valence electrons. The van der Waals surface area contributed by atoms with Crippen molar-refractivity contribution in [3.63, 3.8) is 0 Å². The molecule has 1 saturated heterocycles. The first-order valence-corrected chi connectivity index (χ1v) is 7.44. The molecule has 1 atom stereocenters. The molecular formula is C17H18N2O3. The Balaban J connectivity index is 1.88. The maximum absolute atomic E-state index is 12.7. The molecule has 1 amide bonds. The van der Waals surface area contributed by atoms with Gasteiger partial charge in [0.05, 0.1) is 0 Å². The van der Waals surface area contributed by atoms with Gasteiger partial charge in [-0.1, -0.05) is 6.07 Å². The number of carbonyl (C=O) groups excluding carboxylic acids is 1. The van der Waals surface area contributed by atoms with Crippen molar-refractivity contribution in [1.29, 1.82) is 0 Å². The quantitative estimate of drug-likeness (QED) is 0.947. The molecule has 2 heterocycles. The fourth-order valence-corrected chi connectivity index (χ4v) is 2.90. The van der Waals surface area contributed by atoms with Crippen LogP contribution < -0.4 is 0 Å². The van der Waals surface area contributed by atoms with Gasteiger partial charge in [0, 0.05) is 30.2 Å². The van der Waals surface area contributed by atoms with Crippen LogP contribution in [0.3, 0.4) is 0 Å².